The van der Waals surface area contributed by atoms with Crippen molar-refractivity contribution in [3.8, 4) is 0 Å². The molecule has 0 aliphatic carbocycles. The summed E-state index contributed by atoms with van der Waals surface area (Å²) in [4.78, 5) is 4.81. The summed E-state index contributed by atoms with van der Waals surface area (Å²) in [7, 11) is -0.873. The molecule has 1 rings (SSSR count). The van der Waals surface area contributed by atoms with Gasteiger partial charge in [-0.3, -0.25) is 4.90 Å². The fraction of sp³-hybridized carbons (Fsp3) is 1.00. The molecule has 0 aromatic rings. The summed E-state index contributed by atoms with van der Waals surface area (Å²) < 4.78 is 24.1. The lowest BCUT2D eigenvalue weighted by Crippen LogP contribution is -2.46. The minimum absolute atomic E-state index is 0.514. The van der Waals surface area contributed by atoms with E-state index in [-0.39, 0.29) is 0 Å². The number of nitrogens with one attached hydrogen (secondary N) is 2. The summed E-state index contributed by atoms with van der Waals surface area (Å²) in [6, 6.07) is 0. The van der Waals surface area contributed by atoms with E-state index < -0.39 is 10.0 Å². The Hall–Kier alpha value is -0.210. The van der Waals surface area contributed by atoms with Gasteiger partial charge in [0.2, 0.25) is 10.0 Å². The van der Waals surface area contributed by atoms with E-state index in [1.165, 1.54) is 6.26 Å². The van der Waals surface area contributed by atoms with Crippen molar-refractivity contribution in [2.24, 2.45) is 0 Å². The molecule has 7 heteroatoms. The van der Waals surface area contributed by atoms with Gasteiger partial charge in [-0.15, -0.1) is 0 Å². The van der Waals surface area contributed by atoms with Gasteiger partial charge in [-0.2, -0.15) is 0 Å². The van der Waals surface area contributed by atoms with Crippen molar-refractivity contribution in [3.05, 3.63) is 0 Å². The average molecular weight is 278 g/mol. The predicted molar refractivity (Wildman–Crippen MR) is 74.3 cm³/mol. The van der Waals surface area contributed by atoms with Crippen molar-refractivity contribution in [1.82, 2.24) is 19.8 Å². The molecule has 0 radical (unpaired) electrons. The molecule has 0 amide bonds. The summed E-state index contributed by atoms with van der Waals surface area (Å²) in [5, 5.41) is 3.34. The fourth-order valence-corrected chi connectivity index (χ4v) is 2.42. The highest BCUT2D eigenvalue weighted by molar-refractivity contribution is 7.88. The molecule has 1 heterocycles. The van der Waals surface area contributed by atoms with Crippen LogP contribution >= 0.6 is 0 Å². The molecule has 1 aliphatic heterocycles. The fourth-order valence-electron chi connectivity index (χ4n) is 1.90. The van der Waals surface area contributed by atoms with Crippen LogP contribution in [-0.4, -0.2) is 83.9 Å². The van der Waals surface area contributed by atoms with Crippen LogP contribution in [0.4, 0.5) is 0 Å². The van der Waals surface area contributed by atoms with Crippen LogP contribution in [0.3, 0.4) is 0 Å². The summed E-state index contributed by atoms with van der Waals surface area (Å²) >= 11 is 0. The molecular weight excluding hydrogens is 252 g/mol. The van der Waals surface area contributed by atoms with Crippen LogP contribution in [0.15, 0.2) is 0 Å². The van der Waals surface area contributed by atoms with Gasteiger partial charge in [-0.1, -0.05) is 0 Å². The second-order valence-corrected chi connectivity index (χ2v) is 6.75. The Kier molecular flexibility index (Phi) is 7.10. The quantitative estimate of drug-likeness (QED) is 0.544. The third kappa shape index (κ3) is 7.99. The molecule has 0 aromatic heterocycles. The first kappa shape index (κ1) is 15.8. The predicted octanol–water partition coefficient (Wildman–Crippen LogP) is -1.24. The van der Waals surface area contributed by atoms with Crippen molar-refractivity contribution < 1.29 is 8.42 Å². The van der Waals surface area contributed by atoms with E-state index in [1.54, 1.807) is 0 Å². The Labute approximate surface area is 111 Å². The molecule has 1 fully saturated rings. The van der Waals surface area contributed by atoms with Gasteiger partial charge in [-0.25, -0.2) is 13.1 Å². The first-order chi connectivity index (χ1) is 8.47. The molecule has 18 heavy (non-hydrogen) atoms. The van der Waals surface area contributed by atoms with Crippen LogP contribution in [0.1, 0.15) is 6.42 Å². The average Bonchev–Trinajstić information content (AvgIpc) is 2.29. The van der Waals surface area contributed by atoms with Crippen molar-refractivity contribution >= 4 is 10.0 Å². The summed E-state index contributed by atoms with van der Waals surface area (Å²) in [5.74, 6) is 0. The zero-order chi connectivity index (χ0) is 13.4. The number of nitrogens with zero attached hydrogens (tertiary/aromatic N) is 2. The van der Waals surface area contributed by atoms with E-state index >= 15 is 0 Å². The van der Waals surface area contributed by atoms with Gasteiger partial charge in [0.05, 0.1) is 6.26 Å². The summed E-state index contributed by atoms with van der Waals surface area (Å²) in [6.07, 6.45) is 2.02. The van der Waals surface area contributed by atoms with Gasteiger partial charge in [0.1, 0.15) is 0 Å². The third-order valence-electron chi connectivity index (χ3n) is 3.10. The molecule has 0 unspecified atom stereocenters. The summed E-state index contributed by atoms with van der Waals surface area (Å²) in [5.41, 5.74) is 0. The maximum atomic E-state index is 10.8. The van der Waals surface area contributed by atoms with Gasteiger partial charge in [0.15, 0.2) is 0 Å². The lowest BCUT2D eigenvalue weighted by atomic mass is 10.3. The van der Waals surface area contributed by atoms with Crippen LogP contribution < -0.4 is 10.0 Å². The SMILES string of the molecule is CN1CCN(CCNCCCNS(C)(=O)=O)CC1. The molecule has 2 N–H and O–H groups in total. The van der Waals surface area contributed by atoms with Crippen molar-refractivity contribution in [3.63, 3.8) is 0 Å². The first-order valence-electron chi connectivity index (χ1n) is 6.53. The molecule has 0 saturated carbocycles. The van der Waals surface area contributed by atoms with Crippen molar-refractivity contribution in [2.75, 3.05) is 65.7 Å². The van der Waals surface area contributed by atoms with Crippen LogP contribution in [0.5, 0.6) is 0 Å². The number of rotatable bonds is 8. The van der Waals surface area contributed by atoms with Crippen molar-refractivity contribution in [2.45, 2.75) is 6.42 Å². The number of likely N-dealkylation sites (N-methyl/N-ethyl adjacent to an activating group) is 1. The highest BCUT2D eigenvalue weighted by atomic mass is 32.2. The molecule has 6 nitrogen and oxygen atoms in total. The smallest absolute Gasteiger partial charge is 0.208 e. The lowest BCUT2D eigenvalue weighted by Gasteiger charge is -2.32. The minimum Gasteiger partial charge on any atom is -0.315 e. The number of hydrogen-bond donors (Lipinski definition) is 2. The Morgan fingerprint density at radius 2 is 1.72 bits per heavy atom. The second-order valence-electron chi connectivity index (χ2n) is 4.91. The zero-order valence-corrected chi connectivity index (χ0v) is 12.3. The van der Waals surface area contributed by atoms with Crippen LogP contribution in [0.25, 0.3) is 0 Å². The highest BCUT2D eigenvalue weighted by Gasteiger charge is 2.12. The van der Waals surface area contributed by atoms with Crippen LogP contribution in [0.2, 0.25) is 0 Å². The Bertz CT molecular complexity index is 313. The normalized spacial score (nSPS) is 19.2. The number of piperazine rings is 1. The molecule has 0 atom stereocenters. The summed E-state index contributed by atoms with van der Waals surface area (Å²) in [6.45, 7) is 8.02. The molecule has 1 aliphatic rings. The lowest BCUT2D eigenvalue weighted by molar-refractivity contribution is 0.155. The standard InChI is InChI=1S/C11H26N4O2S/c1-14-8-10-15(11-9-14)7-6-12-4-3-5-13-18(2,16)17/h12-13H,3-11H2,1-2H3. The van der Waals surface area contributed by atoms with Crippen LogP contribution in [-0.2, 0) is 10.0 Å². The zero-order valence-electron chi connectivity index (χ0n) is 11.5. The molecule has 0 aromatic carbocycles. The first-order valence-corrected chi connectivity index (χ1v) is 8.43. The topological polar surface area (TPSA) is 64.7 Å². The Morgan fingerprint density at radius 1 is 1.06 bits per heavy atom. The van der Waals surface area contributed by atoms with Crippen LogP contribution in [0, 0.1) is 0 Å². The van der Waals surface area contributed by atoms with Gasteiger partial charge in [0.25, 0.3) is 0 Å². The minimum atomic E-state index is -3.03. The molecular formula is C11H26N4O2S. The van der Waals surface area contributed by atoms with Gasteiger partial charge < -0.3 is 10.2 Å². The van der Waals surface area contributed by atoms with E-state index in [4.69, 9.17) is 0 Å². The maximum Gasteiger partial charge on any atom is 0.208 e. The monoisotopic (exact) mass is 278 g/mol. The maximum absolute atomic E-state index is 10.8. The van der Waals surface area contributed by atoms with Crippen molar-refractivity contribution in [1.29, 1.82) is 0 Å². The molecule has 1 saturated heterocycles. The molecule has 0 spiro atoms. The van der Waals surface area contributed by atoms with Gasteiger partial charge >= 0.3 is 0 Å². The van der Waals surface area contributed by atoms with E-state index in [0.717, 1.165) is 52.2 Å². The third-order valence-corrected chi connectivity index (χ3v) is 3.82. The van der Waals surface area contributed by atoms with E-state index in [9.17, 15) is 8.42 Å². The number of sulfonamides is 1. The Morgan fingerprint density at radius 3 is 2.33 bits per heavy atom. The van der Waals surface area contributed by atoms with E-state index in [2.05, 4.69) is 26.9 Å². The largest absolute Gasteiger partial charge is 0.315 e. The Balaban J connectivity index is 1.90. The van der Waals surface area contributed by atoms with Gasteiger partial charge in [-0.05, 0) is 20.0 Å². The molecule has 108 valence electrons. The number of hydrogen-bond acceptors (Lipinski definition) is 5. The molecule has 0 bridgehead atoms. The second kappa shape index (κ2) is 8.06. The highest BCUT2D eigenvalue weighted by Crippen LogP contribution is 1.97. The van der Waals surface area contributed by atoms with Gasteiger partial charge in [0, 0.05) is 45.8 Å². The van der Waals surface area contributed by atoms with E-state index in [0.29, 0.717) is 6.54 Å². The van der Waals surface area contributed by atoms with E-state index in [1.807, 2.05) is 0 Å².